The number of hydrogen-bond acceptors (Lipinski definition) is 5. The van der Waals surface area contributed by atoms with Gasteiger partial charge in [-0.2, -0.15) is 0 Å². The molecule has 2 amide bonds. The standard InChI is InChI=1S/C17H16ClN3O4S/c18-13-10-12(21(24)25)3-4-14(13)19-16(22)11-5-7-20(8-6-11)17(23)15-2-1-9-26-15/h1-4,9-11H,5-8H2,(H,19,22). The molecule has 7 nitrogen and oxygen atoms in total. The molecule has 1 aromatic carbocycles. The van der Waals surface area contributed by atoms with E-state index in [1.54, 1.807) is 11.0 Å². The van der Waals surface area contributed by atoms with E-state index in [2.05, 4.69) is 5.32 Å². The molecule has 136 valence electrons. The molecule has 3 rings (SSSR count). The summed E-state index contributed by atoms with van der Waals surface area (Å²) in [6, 6.07) is 7.56. The summed E-state index contributed by atoms with van der Waals surface area (Å²) in [5.41, 5.74) is 0.216. The van der Waals surface area contributed by atoms with Crippen LogP contribution in [0.15, 0.2) is 35.7 Å². The Morgan fingerprint density at radius 3 is 2.58 bits per heavy atom. The van der Waals surface area contributed by atoms with Crippen molar-refractivity contribution in [2.45, 2.75) is 12.8 Å². The largest absolute Gasteiger partial charge is 0.338 e. The molecule has 26 heavy (non-hydrogen) atoms. The number of likely N-dealkylation sites (tertiary alicyclic amines) is 1. The average Bonchev–Trinajstić information content (AvgIpc) is 3.17. The number of nitrogens with zero attached hydrogens (tertiary/aromatic N) is 2. The third-order valence-corrected chi connectivity index (χ3v) is 5.48. The van der Waals surface area contributed by atoms with E-state index in [1.807, 2.05) is 11.4 Å². The number of carbonyl (C=O) groups excluding carboxylic acids is 2. The minimum atomic E-state index is -0.544. The van der Waals surface area contributed by atoms with Crippen LogP contribution in [0.25, 0.3) is 0 Å². The van der Waals surface area contributed by atoms with E-state index in [0.29, 0.717) is 36.5 Å². The highest BCUT2D eigenvalue weighted by molar-refractivity contribution is 7.12. The SMILES string of the molecule is O=C(Nc1ccc([N+](=O)[O-])cc1Cl)C1CCN(C(=O)c2cccs2)CC1. The van der Waals surface area contributed by atoms with Crippen LogP contribution in [-0.4, -0.2) is 34.7 Å². The molecule has 0 radical (unpaired) electrons. The predicted molar refractivity (Wildman–Crippen MR) is 99.7 cm³/mol. The monoisotopic (exact) mass is 393 g/mol. The van der Waals surface area contributed by atoms with E-state index in [9.17, 15) is 19.7 Å². The van der Waals surface area contributed by atoms with Crippen molar-refractivity contribution >= 4 is 46.1 Å². The number of rotatable bonds is 4. The highest BCUT2D eigenvalue weighted by atomic mass is 35.5. The molecule has 0 atom stereocenters. The number of nitrogens with one attached hydrogen (secondary N) is 1. The molecule has 1 N–H and O–H groups in total. The number of non-ortho nitro benzene ring substituents is 1. The lowest BCUT2D eigenvalue weighted by atomic mass is 9.95. The van der Waals surface area contributed by atoms with Crippen LogP contribution in [0.1, 0.15) is 22.5 Å². The number of carbonyl (C=O) groups is 2. The van der Waals surface area contributed by atoms with E-state index in [4.69, 9.17) is 11.6 Å². The van der Waals surface area contributed by atoms with E-state index < -0.39 is 4.92 Å². The molecule has 0 aliphatic carbocycles. The number of benzene rings is 1. The fraction of sp³-hybridized carbons (Fsp3) is 0.294. The van der Waals surface area contributed by atoms with Crippen LogP contribution in [-0.2, 0) is 4.79 Å². The average molecular weight is 394 g/mol. The van der Waals surface area contributed by atoms with Gasteiger partial charge in [0.05, 0.1) is 20.5 Å². The molecule has 0 spiro atoms. The van der Waals surface area contributed by atoms with Crippen molar-refractivity contribution in [2.24, 2.45) is 5.92 Å². The Bertz CT molecular complexity index is 833. The van der Waals surface area contributed by atoms with E-state index in [1.165, 1.54) is 29.5 Å². The zero-order chi connectivity index (χ0) is 18.7. The normalized spacial score (nSPS) is 14.9. The highest BCUT2D eigenvalue weighted by Gasteiger charge is 2.28. The molecule has 0 saturated carbocycles. The number of nitro groups is 1. The zero-order valence-corrected chi connectivity index (χ0v) is 15.3. The van der Waals surface area contributed by atoms with Gasteiger partial charge in [-0.05, 0) is 30.4 Å². The number of hydrogen-bond donors (Lipinski definition) is 1. The summed E-state index contributed by atoms with van der Waals surface area (Å²) in [6.07, 6.45) is 1.13. The lowest BCUT2D eigenvalue weighted by molar-refractivity contribution is -0.384. The number of halogens is 1. The van der Waals surface area contributed by atoms with Crippen LogP contribution >= 0.6 is 22.9 Å². The Kier molecular flexibility index (Phi) is 5.53. The minimum Gasteiger partial charge on any atom is -0.338 e. The van der Waals surface area contributed by atoms with Crippen LogP contribution in [0.2, 0.25) is 5.02 Å². The summed E-state index contributed by atoms with van der Waals surface area (Å²) < 4.78 is 0. The van der Waals surface area contributed by atoms with Gasteiger partial charge in [0.15, 0.2) is 0 Å². The van der Waals surface area contributed by atoms with Crippen LogP contribution in [0.4, 0.5) is 11.4 Å². The van der Waals surface area contributed by atoms with Crippen molar-refractivity contribution in [3.63, 3.8) is 0 Å². The lowest BCUT2D eigenvalue weighted by Crippen LogP contribution is -2.41. The van der Waals surface area contributed by atoms with Crippen molar-refractivity contribution in [2.75, 3.05) is 18.4 Å². The van der Waals surface area contributed by atoms with E-state index in [0.717, 1.165) is 0 Å². The highest BCUT2D eigenvalue weighted by Crippen LogP contribution is 2.28. The van der Waals surface area contributed by atoms with Crippen LogP contribution in [0.5, 0.6) is 0 Å². The van der Waals surface area contributed by atoms with Gasteiger partial charge in [-0.15, -0.1) is 11.3 Å². The molecule has 1 aromatic heterocycles. The second-order valence-corrected chi connectivity index (χ2v) is 7.31. The minimum absolute atomic E-state index is 0.00253. The third-order valence-electron chi connectivity index (χ3n) is 4.31. The molecule has 9 heteroatoms. The van der Waals surface area contributed by atoms with Gasteiger partial charge in [-0.3, -0.25) is 19.7 Å². The fourth-order valence-corrected chi connectivity index (χ4v) is 3.77. The number of piperidine rings is 1. The van der Waals surface area contributed by atoms with Gasteiger partial charge in [-0.25, -0.2) is 0 Å². The number of thiophene rings is 1. The maximum Gasteiger partial charge on any atom is 0.271 e. The summed E-state index contributed by atoms with van der Waals surface area (Å²) in [6.45, 7) is 1.03. The van der Waals surface area contributed by atoms with E-state index >= 15 is 0 Å². The Morgan fingerprint density at radius 2 is 2.00 bits per heavy atom. The van der Waals surface area contributed by atoms with Crippen molar-refractivity contribution in [3.8, 4) is 0 Å². The molecule has 1 fully saturated rings. The van der Waals surface area contributed by atoms with Crippen molar-refractivity contribution in [1.29, 1.82) is 0 Å². The van der Waals surface area contributed by atoms with Crippen molar-refractivity contribution in [3.05, 3.63) is 55.7 Å². The van der Waals surface area contributed by atoms with Crippen LogP contribution in [0.3, 0.4) is 0 Å². The summed E-state index contributed by atoms with van der Waals surface area (Å²) >= 11 is 7.41. The summed E-state index contributed by atoms with van der Waals surface area (Å²) in [7, 11) is 0. The maximum absolute atomic E-state index is 12.4. The maximum atomic E-state index is 12.4. The predicted octanol–water partition coefficient (Wildman–Crippen LogP) is 3.80. The van der Waals surface area contributed by atoms with Gasteiger partial charge in [0.1, 0.15) is 0 Å². The van der Waals surface area contributed by atoms with Gasteiger partial charge in [0.2, 0.25) is 5.91 Å². The Balaban J connectivity index is 1.57. The van der Waals surface area contributed by atoms with E-state index in [-0.39, 0.29) is 28.4 Å². The first-order valence-electron chi connectivity index (χ1n) is 8.03. The van der Waals surface area contributed by atoms with Crippen LogP contribution < -0.4 is 5.32 Å². The second kappa shape index (κ2) is 7.84. The molecule has 0 unspecified atom stereocenters. The summed E-state index contributed by atoms with van der Waals surface area (Å²) in [4.78, 5) is 37.4. The smallest absolute Gasteiger partial charge is 0.271 e. The number of nitro benzene ring substituents is 1. The van der Waals surface area contributed by atoms with Gasteiger partial charge in [0, 0.05) is 31.1 Å². The van der Waals surface area contributed by atoms with Gasteiger partial charge in [0.25, 0.3) is 11.6 Å². The summed E-state index contributed by atoms with van der Waals surface area (Å²) in [5.74, 6) is -0.421. The Labute approximate surface area is 158 Å². The first-order valence-corrected chi connectivity index (χ1v) is 9.29. The Hall–Kier alpha value is -2.45. The molecule has 1 aliphatic rings. The topological polar surface area (TPSA) is 92.5 Å². The van der Waals surface area contributed by atoms with Gasteiger partial charge >= 0.3 is 0 Å². The molecular formula is C17H16ClN3O4S. The molecular weight excluding hydrogens is 378 g/mol. The first kappa shape index (κ1) is 18.3. The summed E-state index contributed by atoms with van der Waals surface area (Å²) in [5, 5.41) is 15.4. The molecule has 2 aromatic rings. The van der Waals surface area contributed by atoms with Crippen molar-refractivity contribution in [1.82, 2.24) is 4.90 Å². The third kappa shape index (κ3) is 4.03. The molecule has 1 aliphatic heterocycles. The quantitative estimate of drug-likeness (QED) is 0.631. The first-order chi connectivity index (χ1) is 12.5. The molecule has 1 saturated heterocycles. The zero-order valence-electron chi connectivity index (χ0n) is 13.7. The molecule has 0 bridgehead atoms. The van der Waals surface area contributed by atoms with Gasteiger partial charge in [-0.1, -0.05) is 17.7 Å². The lowest BCUT2D eigenvalue weighted by Gasteiger charge is -2.31. The van der Waals surface area contributed by atoms with Gasteiger partial charge < -0.3 is 10.2 Å². The Morgan fingerprint density at radius 1 is 1.27 bits per heavy atom. The number of amides is 2. The van der Waals surface area contributed by atoms with Crippen LogP contribution in [0, 0.1) is 16.0 Å². The molecule has 2 heterocycles. The van der Waals surface area contributed by atoms with Crippen molar-refractivity contribution < 1.29 is 14.5 Å². The fourth-order valence-electron chi connectivity index (χ4n) is 2.85. The number of anilines is 1. The second-order valence-electron chi connectivity index (χ2n) is 5.95.